The quantitative estimate of drug-likeness (QED) is 0.816. The molecule has 1 atom stereocenters. The SMILES string of the molecule is Cc1cc(C)cc(N2CCCC(CON)C2)c1. The lowest BCUT2D eigenvalue weighted by Crippen LogP contribution is -2.37. The van der Waals surface area contributed by atoms with Crippen molar-refractivity contribution in [2.75, 3.05) is 24.6 Å². The van der Waals surface area contributed by atoms with Gasteiger partial charge >= 0.3 is 0 Å². The van der Waals surface area contributed by atoms with E-state index in [1.807, 2.05) is 0 Å². The molecule has 1 unspecified atom stereocenters. The van der Waals surface area contributed by atoms with E-state index in [2.05, 4.69) is 36.9 Å². The van der Waals surface area contributed by atoms with E-state index in [1.54, 1.807) is 0 Å². The van der Waals surface area contributed by atoms with Gasteiger partial charge in [-0.05, 0) is 49.9 Å². The maximum atomic E-state index is 5.17. The van der Waals surface area contributed by atoms with Crippen LogP contribution in [0.25, 0.3) is 0 Å². The second-order valence-electron chi connectivity index (χ2n) is 5.13. The van der Waals surface area contributed by atoms with Gasteiger partial charge in [0.2, 0.25) is 0 Å². The molecule has 0 saturated carbocycles. The summed E-state index contributed by atoms with van der Waals surface area (Å²) < 4.78 is 0. The summed E-state index contributed by atoms with van der Waals surface area (Å²) >= 11 is 0. The standard InChI is InChI=1S/C14H22N2O/c1-11-6-12(2)8-14(7-11)16-5-3-4-13(9-16)10-17-15/h6-8,13H,3-5,9-10,15H2,1-2H3. The molecule has 1 heterocycles. The van der Waals surface area contributed by atoms with E-state index in [0.29, 0.717) is 12.5 Å². The number of aryl methyl sites for hydroxylation is 2. The largest absolute Gasteiger partial charge is 0.371 e. The van der Waals surface area contributed by atoms with Crippen LogP contribution in [0.2, 0.25) is 0 Å². The first-order valence-corrected chi connectivity index (χ1v) is 6.34. The summed E-state index contributed by atoms with van der Waals surface area (Å²) in [5, 5.41) is 0. The maximum Gasteiger partial charge on any atom is 0.0724 e. The van der Waals surface area contributed by atoms with Crippen molar-refractivity contribution in [3.63, 3.8) is 0 Å². The van der Waals surface area contributed by atoms with Crippen molar-refractivity contribution in [1.82, 2.24) is 0 Å². The van der Waals surface area contributed by atoms with Gasteiger partial charge in [0.15, 0.2) is 0 Å². The highest BCUT2D eigenvalue weighted by Gasteiger charge is 2.20. The van der Waals surface area contributed by atoms with Gasteiger partial charge in [-0.1, -0.05) is 6.07 Å². The van der Waals surface area contributed by atoms with Crippen LogP contribution in [0.5, 0.6) is 0 Å². The van der Waals surface area contributed by atoms with Crippen LogP contribution in [0.1, 0.15) is 24.0 Å². The van der Waals surface area contributed by atoms with E-state index < -0.39 is 0 Å². The van der Waals surface area contributed by atoms with Gasteiger partial charge in [0.05, 0.1) is 6.61 Å². The van der Waals surface area contributed by atoms with Gasteiger partial charge < -0.3 is 9.74 Å². The Kier molecular flexibility index (Phi) is 4.02. The fraction of sp³-hybridized carbons (Fsp3) is 0.571. The van der Waals surface area contributed by atoms with Crippen molar-refractivity contribution < 1.29 is 4.84 Å². The molecule has 1 aliphatic heterocycles. The number of nitrogens with two attached hydrogens (primary N) is 1. The number of piperidine rings is 1. The minimum atomic E-state index is 0.564. The lowest BCUT2D eigenvalue weighted by Gasteiger charge is -2.34. The molecule has 1 fully saturated rings. The average molecular weight is 234 g/mol. The Hall–Kier alpha value is -1.06. The molecule has 94 valence electrons. The van der Waals surface area contributed by atoms with Crippen molar-refractivity contribution in [3.8, 4) is 0 Å². The number of hydrogen-bond acceptors (Lipinski definition) is 3. The Morgan fingerprint density at radius 2 is 2.00 bits per heavy atom. The molecule has 0 aliphatic carbocycles. The van der Waals surface area contributed by atoms with Crippen LogP contribution in [0, 0.1) is 19.8 Å². The fourth-order valence-electron chi connectivity index (χ4n) is 2.70. The number of nitrogens with zero attached hydrogens (tertiary/aromatic N) is 1. The lowest BCUT2D eigenvalue weighted by molar-refractivity contribution is 0.0951. The molecule has 17 heavy (non-hydrogen) atoms. The van der Waals surface area contributed by atoms with Gasteiger partial charge in [-0.25, -0.2) is 5.90 Å². The van der Waals surface area contributed by atoms with Crippen molar-refractivity contribution in [1.29, 1.82) is 0 Å². The van der Waals surface area contributed by atoms with Gasteiger partial charge in [-0.2, -0.15) is 0 Å². The van der Waals surface area contributed by atoms with E-state index in [4.69, 9.17) is 10.7 Å². The molecule has 0 spiro atoms. The Morgan fingerprint density at radius 3 is 2.65 bits per heavy atom. The van der Waals surface area contributed by atoms with E-state index >= 15 is 0 Å². The average Bonchev–Trinajstić information content (AvgIpc) is 2.28. The van der Waals surface area contributed by atoms with Gasteiger partial charge in [-0.3, -0.25) is 0 Å². The van der Waals surface area contributed by atoms with Crippen LogP contribution in [0.3, 0.4) is 0 Å². The zero-order valence-electron chi connectivity index (χ0n) is 10.8. The van der Waals surface area contributed by atoms with Crippen LogP contribution >= 0.6 is 0 Å². The first-order valence-electron chi connectivity index (χ1n) is 6.34. The van der Waals surface area contributed by atoms with Crippen LogP contribution in [-0.4, -0.2) is 19.7 Å². The number of rotatable bonds is 3. The third-order valence-corrected chi connectivity index (χ3v) is 3.42. The Balaban J connectivity index is 2.10. The molecular formula is C14H22N2O. The predicted molar refractivity (Wildman–Crippen MR) is 71.0 cm³/mol. The van der Waals surface area contributed by atoms with Gasteiger partial charge in [0.1, 0.15) is 0 Å². The van der Waals surface area contributed by atoms with Crippen molar-refractivity contribution in [2.45, 2.75) is 26.7 Å². The molecule has 1 saturated heterocycles. The van der Waals surface area contributed by atoms with E-state index in [-0.39, 0.29) is 0 Å². The van der Waals surface area contributed by atoms with Crippen molar-refractivity contribution >= 4 is 5.69 Å². The van der Waals surface area contributed by atoms with E-state index in [9.17, 15) is 0 Å². The van der Waals surface area contributed by atoms with Crippen LogP contribution in [-0.2, 0) is 4.84 Å². The molecule has 0 radical (unpaired) electrons. The predicted octanol–water partition coefficient (Wildman–Crippen LogP) is 2.41. The first-order chi connectivity index (χ1) is 8.19. The highest BCUT2D eigenvalue weighted by Crippen LogP contribution is 2.25. The molecule has 1 aromatic rings. The number of anilines is 1. The fourth-order valence-corrected chi connectivity index (χ4v) is 2.70. The van der Waals surface area contributed by atoms with Crippen molar-refractivity contribution in [2.24, 2.45) is 11.8 Å². The van der Waals surface area contributed by atoms with Gasteiger partial charge in [0, 0.05) is 24.7 Å². The zero-order chi connectivity index (χ0) is 12.3. The molecule has 1 aliphatic rings. The summed E-state index contributed by atoms with van der Waals surface area (Å²) in [6.07, 6.45) is 2.44. The van der Waals surface area contributed by atoms with Gasteiger partial charge in [-0.15, -0.1) is 0 Å². The summed E-state index contributed by atoms with van der Waals surface area (Å²) in [4.78, 5) is 7.24. The summed E-state index contributed by atoms with van der Waals surface area (Å²) in [6.45, 7) is 7.17. The normalized spacial score (nSPS) is 20.6. The molecular weight excluding hydrogens is 212 g/mol. The second kappa shape index (κ2) is 5.52. The minimum Gasteiger partial charge on any atom is -0.371 e. The summed E-state index contributed by atoms with van der Waals surface area (Å²) in [5.74, 6) is 5.74. The number of hydrogen-bond donors (Lipinski definition) is 1. The van der Waals surface area contributed by atoms with Crippen molar-refractivity contribution in [3.05, 3.63) is 29.3 Å². The first kappa shape index (κ1) is 12.4. The van der Waals surface area contributed by atoms with Crippen LogP contribution in [0.4, 0.5) is 5.69 Å². The molecule has 0 amide bonds. The zero-order valence-corrected chi connectivity index (χ0v) is 10.8. The Morgan fingerprint density at radius 1 is 1.29 bits per heavy atom. The van der Waals surface area contributed by atoms with E-state index in [1.165, 1.54) is 29.7 Å². The monoisotopic (exact) mass is 234 g/mol. The number of benzene rings is 1. The lowest BCUT2D eigenvalue weighted by atomic mass is 9.98. The molecule has 3 nitrogen and oxygen atoms in total. The molecule has 0 bridgehead atoms. The molecule has 2 rings (SSSR count). The summed E-state index contributed by atoms with van der Waals surface area (Å²) in [5.41, 5.74) is 4.00. The Bertz CT molecular complexity index is 356. The third kappa shape index (κ3) is 3.20. The topological polar surface area (TPSA) is 38.5 Å². The molecule has 0 aromatic heterocycles. The third-order valence-electron chi connectivity index (χ3n) is 3.42. The van der Waals surface area contributed by atoms with Crippen LogP contribution < -0.4 is 10.8 Å². The smallest absolute Gasteiger partial charge is 0.0724 e. The van der Waals surface area contributed by atoms with E-state index in [0.717, 1.165) is 13.1 Å². The van der Waals surface area contributed by atoms with Gasteiger partial charge in [0.25, 0.3) is 0 Å². The summed E-state index contributed by atoms with van der Waals surface area (Å²) in [6, 6.07) is 6.74. The highest BCUT2D eigenvalue weighted by molar-refractivity contribution is 5.51. The second-order valence-corrected chi connectivity index (χ2v) is 5.13. The molecule has 3 heteroatoms. The minimum absolute atomic E-state index is 0.564. The maximum absolute atomic E-state index is 5.17. The van der Waals surface area contributed by atoms with Crippen LogP contribution in [0.15, 0.2) is 18.2 Å². The molecule has 2 N–H and O–H groups in total. The summed E-state index contributed by atoms with van der Waals surface area (Å²) in [7, 11) is 0. The Labute approximate surface area is 104 Å². The highest BCUT2D eigenvalue weighted by atomic mass is 16.6. The molecule has 1 aromatic carbocycles.